The summed E-state index contributed by atoms with van der Waals surface area (Å²) in [7, 11) is 0. The lowest BCUT2D eigenvalue weighted by atomic mass is 10.1. The zero-order valence-electron chi connectivity index (χ0n) is 19.8. The van der Waals surface area contributed by atoms with Crippen molar-refractivity contribution in [1.29, 1.82) is 5.41 Å². The smallest absolute Gasteiger partial charge is 0.283 e. The van der Waals surface area contributed by atoms with Gasteiger partial charge in [-0.1, -0.05) is 89.6 Å². The highest BCUT2D eigenvalue weighted by Crippen LogP contribution is 2.35. The number of nitrogens with one attached hydrogen (secondary N) is 1. The molecule has 2 aliphatic rings. The Hall–Kier alpha value is -3.30. The molecule has 0 bridgehead atoms. The fourth-order valence-corrected chi connectivity index (χ4v) is 6.68. The van der Waals surface area contributed by atoms with E-state index in [0.717, 1.165) is 32.2 Å². The topological polar surface area (TPSA) is 73.8 Å². The molecule has 0 saturated carbocycles. The van der Waals surface area contributed by atoms with E-state index in [9.17, 15) is 4.79 Å². The zero-order valence-corrected chi connectivity index (χ0v) is 22.9. The number of thioether (sulfide) groups is 2. The molecule has 0 spiro atoms. The van der Waals surface area contributed by atoms with Gasteiger partial charge in [0, 0.05) is 44.0 Å². The van der Waals surface area contributed by atoms with Gasteiger partial charge in [0.15, 0.2) is 10.2 Å². The lowest BCUT2D eigenvalue weighted by molar-refractivity contribution is -0.114. The molecule has 0 aliphatic carbocycles. The van der Waals surface area contributed by atoms with E-state index in [2.05, 4.69) is 22.2 Å². The molecule has 0 saturated heterocycles. The molecule has 188 valence electrons. The Kier molecular flexibility index (Phi) is 6.88. The molecule has 1 aromatic heterocycles. The van der Waals surface area contributed by atoms with Crippen LogP contribution in [0.3, 0.4) is 0 Å². The summed E-state index contributed by atoms with van der Waals surface area (Å²) in [6.45, 7) is 0.463. The van der Waals surface area contributed by atoms with Crippen LogP contribution in [0.2, 0.25) is 10.0 Å². The van der Waals surface area contributed by atoms with E-state index < -0.39 is 5.91 Å². The highest BCUT2D eigenvalue weighted by atomic mass is 35.5. The molecule has 38 heavy (non-hydrogen) atoms. The van der Waals surface area contributed by atoms with Crippen molar-refractivity contribution in [3.05, 3.63) is 111 Å². The van der Waals surface area contributed by atoms with E-state index in [0.29, 0.717) is 21.8 Å². The second-order valence-corrected chi connectivity index (χ2v) is 11.6. The number of para-hydroxylation sites is 1. The number of nitrogens with zero attached hydrogens (tertiary/aromatic N) is 4. The van der Waals surface area contributed by atoms with Crippen molar-refractivity contribution in [3.8, 4) is 0 Å². The van der Waals surface area contributed by atoms with Crippen LogP contribution in [-0.2, 0) is 17.1 Å². The van der Waals surface area contributed by atoms with Gasteiger partial charge in [-0.3, -0.25) is 10.2 Å². The number of hydrazone groups is 1. The molecule has 1 N–H and O–H groups in total. The van der Waals surface area contributed by atoms with E-state index in [4.69, 9.17) is 28.6 Å². The molecule has 0 radical (unpaired) electrons. The number of hydrogen-bond acceptors (Lipinski definition) is 5. The maximum Gasteiger partial charge on any atom is 0.283 e. The summed E-state index contributed by atoms with van der Waals surface area (Å²) >= 11 is 15.7. The quantitative estimate of drug-likeness (QED) is 0.250. The van der Waals surface area contributed by atoms with Crippen molar-refractivity contribution >= 4 is 85.0 Å². The van der Waals surface area contributed by atoms with Crippen molar-refractivity contribution in [3.63, 3.8) is 0 Å². The molecule has 1 amide bonds. The van der Waals surface area contributed by atoms with E-state index >= 15 is 0 Å². The number of aromatic nitrogens is 1. The number of amidine groups is 2. The molecular formula is C28H19Cl2N5OS2. The number of aliphatic imine (C=N–C) groups is 1. The Balaban J connectivity index is 1.31. The molecule has 0 unspecified atom stereocenters. The first-order valence-corrected chi connectivity index (χ1v) is 14.2. The predicted molar refractivity (Wildman–Crippen MR) is 160 cm³/mol. The Labute approximate surface area is 237 Å². The molecular weight excluding hydrogens is 557 g/mol. The van der Waals surface area contributed by atoms with Gasteiger partial charge in [0.1, 0.15) is 0 Å². The molecule has 2 aliphatic heterocycles. The fraction of sp³-hybridized carbons (Fsp3) is 0.0714. The molecule has 6 nitrogen and oxygen atoms in total. The van der Waals surface area contributed by atoms with E-state index in [1.54, 1.807) is 17.8 Å². The Bertz CT molecular complexity index is 1670. The van der Waals surface area contributed by atoms with Crippen LogP contribution in [0.5, 0.6) is 0 Å². The third kappa shape index (κ3) is 4.80. The van der Waals surface area contributed by atoms with Crippen molar-refractivity contribution in [2.24, 2.45) is 10.1 Å². The lowest BCUT2D eigenvalue weighted by Crippen LogP contribution is -2.35. The number of hydrogen-bond donors (Lipinski definition) is 1. The average molecular weight is 577 g/mol. The highest BCUT2D eigenvalue weighted by molar-refractivity contribution is 8.45. The summed E-state index contributed by atoms with van der Waals surface area (Å²) in [5, 5.41) is 17.3. The number of halogens is 2. The molecule has 6 rings (SSSR count). The van der Waals surface area contributed by atoms with Crippen LogP contribution in [0.15, 0.2) is 94.7 Å². The predicted octanol–water partition coefficient (Wildman–Crippen LogP) is 7.51. The molecule has 3 heterocycles. The van der Waals surface area contributed by atoms with Crippen LogP contribution in [0.25, 0.3) is 17.0 Å². The first-order chi connectivity index (χ1) is 18.5. The molecule has 4 aromatic rings. The zero-order chi connectivity index (χ0) is 26.2. The maximum atomic E-state index is 13.0. The van der Waals surface area contributed by atoms with Crippen molar-refractivity contribution < 1.29 is 4.79 Å². The monoisotopic (exact) mass is 575 g/mol. The Morgan fingerprint density at radius 2 is 1.71 bits per heavy atom. The van der Waals surface area contributed by atoms with Gasteiger partial charge in [-0.2, -0.15) is 10.0 Å². The van der Waals surface area contributed by atoms with Crippen LogP contribution in [0.1, 0.15) is 16.7 Å². The first kappa shape index (κ1) is 25.0. The first-order valence-electron chi connectivity index (χ1n) is 11.7. The normalized spacial score (nSPS) is 16.3. The summed E-state index contributed by atoms with van der Waals surface area (Å²) in [4.78, 5) is 17.3. The average Bonchev–Trinajstić information content (AvgIpc) is 3.49. The second-order valence-electron chi connectivity index (χ2n) is 8.59. The number of amides is 1. The number of fused-ring (bicyclic) bond motifs is 2. The molecule has 0 fully saturated rings. The van der Waals surface area contributed by atoms with Gasteiger partial charge in [0.2, 0.25) is 5.17 Å². The summed E-state index contributed by atoms with van der Waals surface area (Å²) in [6.07, 6.45) is 3.66. The summed E-state index contributed by atoms with van der Waals surface area (Å²) in [6, 6.07) is 23.4. The van der Waals surface area contributed by atoms with Crippen LogP contribution in [0, 0.1) is 5.41 Å². The number of benzene rings is 3. The highest BCUT2D eigenvalue weighted by Gasteiger charge is 2.36. The molecule has 0 atom stereocenters. The van der Waals surface area contributed by atoms with Crippen molar-refractivity contribution in [2.75, 3.05) is 0 Å². The van der Waals surface area contributed by atoms with Crippen LogP contribution in [-0.4, -0.2) is 30.9 Å². The van der Waals surface area contributed by atoms with Gasteiger partial charge in [0.25, 0.3) is 5.91 Å². The summed E-state index contributed by atoms with van der Waals surface area (Å²) < 4.78 is 2.79. The SMILES string of the molecule is N=C1C(=Cc2cn(Cc3c(Cl)cccc3Cl)c3ccccc23)C(=O)N=C2SC(SCc3ccccc3)=NN12. The molecule has 3 aromatic carbocycles. The number of carbonyl (C=O) groups excluding carboxylic acids is 1. The Morgan fingerprint density at radius 3 is 2.50 bits per heavy atom. The number of carbonyl (C=O) groups is 1. The standard InChI is InChI=1S/C28H19Cl2N5OS2/c29-22-10-6-11-23(30)21(22)15-34-14-18(19-9-4-5-12-24(19)34)13-20-25(31)35-27(32-26(20)36)38-28(33-35)37-16-17-7-2-1-3-8-17/h1-14,31H,15-16H2. The van der Waals surface area contributed by atoms with E-state index in [-0.39, 0.29) is 11.4 Å². The van der Waals surface area contributed by atoms with E-state index in [1.165, 1.54) is 22.3 Å². The molecule has 10 heteroatoms. The number of rotatable bonds is 5. The van der Waals surface area contributed by atoms with Gasteiger partial charge in [0.05, 0.1) is 12.1 Å². The van der Waals surface area contributed by atoms with Gasteiger partial charge in [-0.25, -0.2) is 0 Å². The third-order valence-corrected chi connectivity index (χ3v) is 8.97. The van der Waals surface area contributed by atoms with Gasteiger partial charge < -0.3 is 4.57 Å². The minimum Gasteiger partial charge on any atom is -0.342 e. The van der Waals surface area contributed by atoms with Crippen molar-refractivity contribution in [2.45, 2.75) is 12.3 Å². The van der Waals surface area contributed by atoms with Crippen LogP contribution >= 0.6 is 46.7 Å². The lowest BCUT2D eigenvalue weighted by Gasteiger charge is -2.20. The fourth-order valence-electron chi connectivity index (χ4n) is 4.28. The second kappa shape index (κ2) is 10.5. The minimum absolute atomic E-state index is 0.00814. The summed E-state index contributed by atoms with van der Waals surface area (Å²) in [5.74, 6) is 0.297. The summed E-state index contributed by atoms with van der Waals surface area (Å²) in [5.41, 5.74) is 3.93. The largest absolute Gasteiger partial charge is 0.342 e. The Morgan fingerprint density at radius 1 is 0.974 bits per heavy atom. The van der Waals surface area contributed by atoms with E-state index in [1.807, 2.05) is 71.4 Å². The van der Waals surface area contributed by atoms with Gasteiger partial charge in [-0.05, 0) is 41.6 Å². The van der Waals surface area contributed by atoms with Gasteiger partial charge in [-0.15, -0.1) is 5.10 Å². The van der Waals surface area contributed by atoms with Crippen molar-refractivity contribution in [1.82, 2.24) is 9.58 Å². The van der Waals surface area contributed by atoms with Crippen LogP contribution < -0.4 is 0 Å². The third-order valence-electron chi connectivity index (χ3n) is 6.15. The maximum absolute atomic E-state index is 13.0. The van der Waals surface area contributed by atoms with Gasteiger partial charge >= 0.3 is 0 Å². The minimum atomic E-state index is -0.454. The van der Waals surface area contributed by atoms with Crippen LogP contribution in [0.4, 0.5) is 0 Å².